The molecule has 0 saturated heterocycles. The van der Waals surface area contributed by atoms with Crippen LogP contribution >= 0.6 is 0 Å². The summed E-state index contributed by atoms with van der Waals surface area (Å²) in [4.78, 5) is 23.3. The van der Waals surface area contributed by atoms with Gasteiger partial charge in [0.05, 0.1) is 24.5 Å². The number of hydrogen-bond acceptors (Lipinski definition) is 7. The van der Waals surface area contributed by atoms with Crippen molar-refractivity contribution in [3.8, 4) is 0 Å². The molecule has 9 nitrogen and oxygen atoms in total. The van der Waals surface area contributed by atoms with E-state index in [-0.39, 0.29) is 12.0 Å². The quantitative estimate of drug-likeness (QED) is 0.605. The van der Waals surface area contributed by atoms with Gasteiger partial charge in [0.1, 0.15) is 5.69 Å². The number of anilines is 3. The summed E-state index contributed by atoms with van der Waals surface area (Å²) in [5.41, 5.74) is 3.52. The fourth-order valence-corrected chi connectivity index (χ4v) is 3.46. The van der Waals surface area contributed by atoms with Crippen LogP contribution in [0.2, 0.25) is 0 Å². The van der Waals surface area contributed by atoms with Crippen molar-refractivity contribution in [3.05, 3.63) is 59.5 Å². The Kier molecular flexibility index (Phi) is 5.85. The molecule has 1 atom stereocenters. The van der Waals surface area contributed by atoms with E-state index in [1.807, 2.05) is 56.0 Å². The third-order valence-corrected chi connectivity index (χ3v) is 4.95. The van der Waals surface area contributed by atoms with Crippen molar-refractivity contribution in [1.82, 2.24) is 19.7 Å². The predicted octanol–water partition coefficient (Wildman–Crippen LogP) is 2.78. The summed E-state index contributed by atoms with van der Waals surface area (Å²) < 4.78 is 7.66. The van der Waals surface area contributed by atoms with Crippen molar-refractivity contribution in [2.75, 3.05) is 22.6 Å². The maximum atomic E-state index is 12.4. The molecular weight excluding hydrogens is 394 g/mol. The van der Waals surface area contributed by atoms with E-state index in [1.165, 1.54) is 5.56 Å². The molecule has 0 bridgehead atoms. The molecule has 0 aliphatic carbocycles. The van der Waals surface area contributed by atoms with E-state index < -0.39 is 6.23 Å². The molecule has 1 aliphatic heterocycles. The Morgan fingerprint density at radius 3 is 2.71 bits per heavy atom. The van der Waals surface area contributed by atoms with Crippen LogP contribution in [0.4, 0.5) is 17.5 Å². The number of likely N-dealkylation sites (N-methyl/N-ethyl adjacent to an activating group) is 1. The highest BCUT2D eigenvalue weighted by molar-refractivity contribution is 6.02. The van der Waals surface area contributed by atoms with Crippen LogP contribution in [-0.2, 0) is 22.6 Å². The number of carbonyl (C=O) groups is 1. The molecular formula is C22H27N7O2. The van der Waals surface area contributed by atoms with E-state index in [4.69, 9.17) is 4.74 Å². The highest BCUT2D eigenvalue weighted by Crippen LogP contribution is 2.32. The van der Waals surface area contributed by atoms with Crippen LogP contribution in [0.1, 0.15) is 30.7 Å². The van der Waals surface area contributed by atoms with Gasteiger partial charge >= 0.3 is 0 Å². The van der Waals surface area contributed by atoms with Crippen molar-refractivity contribution in [1.29, 1.82) is 0 Å². The van der Waals surface area contributed by atoms with Crippen LogP contribution in [0.5, 0.6) is 0 Å². The van der Waals surface area contributed by atoms with Gasteiger partial charge < -0.3 is 20.3 Å². The maximum Gasteiger partial charge on any atom is 0.274 e. The summed E-state index contributed by atoms with van der Waals surface area (Å²) in [5, 5.41) is 10.6. The zero-order chi connectivity index (χ0) is 22.0. The number of nitrogens with zero attached hydrogens (tertiary/aromatic N) is 5. The van der Waals surface area contributed by atoms with Gasteiger partial charge in [-0.2, -0.15) is 10.1 Å². The third kappa shape index (κ3) is 4.66. The second-order valence-electron chi connectivity index (χ2n) is 7.85. The number of rotatable bonds is 7. The Balaban J connectivity index is 1.46. The first-order valence-electron chi connectivity index (χ1n) is 10.3. The Bertz CT molecular complexity index is 1060. The zero-order valence-corrected chi connectivity index (χ0v) is 18.2. The monoisotopic (exact) mass is 421 g/mol. The van der Waals surface area contributed by atoms with Crippen molar-refractivity contribution in [3.63, 3.8) is 0 Å². The zero-order valence-electron chi connectivity index (χ0n) is 18.2. The van der Waals surface area contributed by atoms with Gasteiger partial charge in [-0.3, -0.25) is 9.48 Å². The summed E-state index contributed by atoms with van der Waals surface area (Å²) in [5.74, 6) is 0.889. The highest BCUT2D eigenvalue weighted by Gasteiger charge is 2.34. The van der Waals surface area contributed by atoms with Crippen LogP contribution in [0.15, 0.2) is 42.7 Å². The molecule has 2 aromatic heterocycles. The summed E-state index contributed by atoms with van der Waals surface area (Å²) in [6.07, 6.45) is 3.02. The minimum atomic E-state index is -0.731. The molecule has 0 fully saturated rings. The fourth-order valence-electron chi connectivity index (χ4n) is 3.46. The molecule has 4 rings (SSSR count). The van der Waals surface area contributed by atoms with Crippen molar-refractivity contribution >= 4 is 23.4 Å². The number of ether oxygens (including phenoxy) is 1. The second-order valence-corrected chi connectivity index (χ2v) is 7.85. The summed E-state index contributed by atoms with van der Waals surface area (Å²) in [7, 11) is 1.80. The summed E-state index contributed by atoms with van der Waals surface area (Å²) in [6, 6.07) is 10.2. The number of benzene rings is 1. The SMILES string of the molecule is Cc1nc(NCc2cnn(Cc3ccccc3)c2)nc2c1NC(=O)C(OC(C)C)N2C. The molecule has 3 aromatic rings. The molecule has 0 radical (unpaired) electrons. The average molecular weight is 422 g/mol. The molecule has 0 spiro atoms. The molecule has 31 heavy (non-hydrogen) atoms. The number of aromatic nitrogens is 4. The second kappa shape index (κ2) is 8.73. The van der Waals surface area contributed by atoms with Crippen molar-refractivity contribution in [2.45, 2.75) is 46.2 Å². The Morgan fingerprint density at radius 1 is 1.19 bits per heavy atom. The highest BCUT2D eigenvalue weighted by atomic mass is 16.5. The molecule has 2 N–H and O–H groups in total. The van der Waals surface area contributed by atoms with Gasteiger partial charge in [-0.05, 0) is 26.3 Å². The summed E-state index contributed by atoms with van der Waals surface area (Å²) >= 11 is 0. The number of amides is 1. The van der Waals surface area contributed by atoms with Crippen LogP contribution in [-0.4, -0.2) is 45.0 Å². The maximum absolute atomic E-state index is 12.4. The lowest BCUT2D eigenvalue weighted by Crippen LogP contribution is -2.49. The first kappa shape index (κ1) is 20.8. The smallest absolute Gasteiger partial charge is 0.274 e. The van der Waals surface area contributed by atoms with Gasteiger partial charge in [-0.25, -0.2) is 4.98 Å². The molecule has 1 aliphatic rings. The Labute approximate surface area is 181 Å². The van der Waals surface area contributed by atoms with Crippen molar-refractivity contribution < 1.29 is 9.53 Å². The van der Waals surface area contributed by atoms with Gasteiger partial charge in [0.25, 0.3) is 5.91 Å². The lowest BCUT2D eigenvalue weighted by Gasteiger charge is -2.35. The molecule has 9 heteroatoms. The number of carbonyl (C=O) groups excluding carboxylic acids is 1. The van der Waals surface area contributed by atoms with Gasteiger partial charge in [0, 0.05) is 25.4 Å². The molecule has 1 amide bonds. The van der Waals surface area contributed by atoms with Gasteiger partial charge in [0.2, 0.25) is 12.2 Å². The number of aryl methyl sites for hydroxylation is 1. The Morgan fingerprint density at radius 2 is 1.97 bits per heavy atom. The van der Waals surface area contributed by atoms with Crippen LogP contribution in [0.3, 0.4) is 0 Å². The van der Waals surface area contributed by atoms with Gasteiger partial charge in [-0.15, -0.1) is 0 Å². The minimum absolute atomic E-state index is 0.0901. The predicted molar refractivity (Wildman–Crippen MR) is 119 cm³/mol. The normalized spacial score (nSPS) is 15.7. The first-order chi connectivity index (χ1) is 14.9. The van der Waals surface area contributed by atoms with Crippen LogP contribution in [0, 0.1) is 6.92 Å². The molecule has 1 unspecified atom stereocenters. The van der Waals surface area contributed by atoms with E-state index in [1.54, 1.807) is 11.9 Å². The third-order valence-electron chi connectivity index (χ3n) is 4.95. The molecule has 162 valence electrons. The van der Waals surface area contributed by atoms with Crippen LogP contribution in [0.25, 0.3) is 0 Å². The number of nitrogens with one attached hydrogen (secondary N) is 2. The van der Waals surface area contributed by atoms with E-state index in [9.17, 15) is 4.79 Å². The lowest BCUT2D eigenvalue weighted by atomic mass is 10.2. The molecule has 0 saturated carbocycles. The number of fused-ring (bicyclic) bond motifs is 1. The minimum Gasteiger partial charge on any atom is -0.350 e. The average Bonchev–Trinajstić information content (AvgIpc) is 3.18. The van der Waals surface area contributed by atoms with E-state index in [0.29, 0.717) is 29.7 Å². The molecule has 3 heterocycles. The van der Waals surface area contributed by atoms with Gasteiger partial charge in [-0.1, -0.05) is 30.3 Å². The van der Waals surface area contributed by atoms with E-state index >= 15 is 0 Å². The van der Waals surface area contributed by atoms with Crippen molar-refractivity contribution in [2.24, 2.45) is 0 Å². The first-order valence-corrected chi connectivity index (χ1v) is 10.3. The fraction of sp³-hybridized carbons (Fsp3) is 0.364. The van der Waals surface area contributed by atoms with E-state index in [2.05, 4.69) is 37.8 Å². The lowest BCUT2D eigenvalue weighted by molar-refractivity contribution is -0.130. The molecule has 1 aromatic carbocycles. The Hall–Kier alpha value is -3.46. The standard InChI is InChI=1S/C22H27N7O2/c1-14(2)31-21-20(30)26-18-15(3)25-22(27-19(18)28(21)4)23-10-17-11-24-29(13-17)12-16-8-6-5-7-9-16/h5-9,11,13-14,21H,10,12H2,1-4H3,(H,26,30)(H,23,25,27). The number of hydrogen-bond donors (Lipinski definition) is 2. The topological polar surface area (TPSA) is 97.2 Å². The van der Waals surface area contributed by atoms with E-state index in [0.717, 1.165) is 12.1 Å². The van der Waals surface area contributed by atoms with Gasteiger partial charge in [0.15, 0.2) is 5.82 Å². The van der Waals surface area contributed by atoms with Crippen LogP contribution < -0.4 is 15.5 Å². The summed E-state index contributed by atoms with van der Waals surface area (Å²) in [6.45, 7) is 6.90. The largest absolute Gasteiger partial charge is 0.350 e.